The van der Waals surface area contributed by atoms with Crippen molar-refractivity contribution in [2.24, 2.45) is 64.9 Å². The van der Waals surface area contributed by atoms with Crippen molar-refractivity contribution in [1.29, 1.82) is 0 Å². The molecule has 0 aromatic heterocycles. The number of cyclic esters (lactones) is 1. The van der Waals surface area contributed by atoms with Crippen LogP contribution in [0.4, 0.5) is 0 Å². The summed E-state index contributed by atoms with van der Waals surface area (Å²) in [5, 5.41) is 200. The zero-order chi connectivity index (χ0) is 72.1. The van der Waals surface area contributed by atoms with E-state index in [0.717, 1.165) is 32.1 Å². The summed E-state index contributed by atoms with van der Waals surface area (Å²) < 4.78 is 17.8. The van der Waals surface area contributed by atoms with E-state index in [1.807, 2.05) is 26.0 Å². The van der Waals surface area contributed by atoms with Crippen LogP contribution in [0.1, 0.15) is 199 Å². The Hall–Kier alpha value is -2.41. The molecule has 2 aliphatic rings. The maximum Gasteiger partial charge on any atom is 0.306 e. The molecule has 0 amide bonds. The molecule has 0 aromatic carbocycles. The van der Waals surface area contributed by atoms with E-state index in [9.17, 15) is 96.7 Å². The van der Waals surface area contributed by atoms with Crippen molar-refractivity contribution in [3.8, 4) is 0 Å². The van der Waals surface area contributed by atoms with E-state index in [4.69, 9.17) is 19.9 Å². The zero-order valence-corrected chi connectivity index (χ0v) is 59.3. The first kappa shape index (κ1) is 88.7. The van der Waals surface area contributed by atoms with Crippen molar-refractivity contribution in [1.82, 2.24) is 0 Å². The maximum atomic E-state index is 13.5. The third-order valence-corrected chi connectivity index (χ3v) is 20.8. The smallest absolute Gasteiger partial charge is 0.306 e. The van der Waals surface area contributed by atoms with Crippen LogP contribution in [0.5, 0.6) is 0 Å². The predicted molar refractivity (Wildman–Crippen MR) is 362 cm³/mol. The number of hydrogen-bond donors (Lipinski definition) is 19. The molecule has 23 heteroatoms. The van der Waals surface area contributed by atoms with E-state index < -0.39 is 188 Å². The van der Waals surface area contributed by atoms with Gasteiger partial charge in [0.1, 0.15) is 36.6 Å². The molecule has 2 aliphatic heterocycles. The first-order valence-corrected chi connectivity index (χ1v) is 35.6. The van der Waals surface area contributed by atoms with Gasteiger partial charge in [-0.2, -0.15) is 0 Å². The largest absolute Gasteiger partial charge is 0.462 e. The van der Waals surface area contributed by atoms with E-state index in [1.165, 1.54) is 19.1 Å². The average molecular weight is 1360 g/mol. The number of allylic oxidation sites excluding steroid dienone is 1. The summed E-state index contributed by atoms with van der Waals surface area (Å²) in [7, 11) is 0. The van der Waals surface area contributed by atoms with E-state index in [0.29, 0.717) is 57.1 Å². The Morgan fingerprint density at radius 3 is 1.67 bits per heavy atom. The molecule has 0 radical (unpaired) electrons. The molecule has 0 aliphatic carbocycles. The number of unbranched alkanes of at least 4 members (excludes halogenated alkanes) is 3. The van der Waals surface area contributed by atoms with Gasteiger partial charge in [-0.25, -0.2) is 0 Å². The molecule has 558 valence electrons. The Bertz CT molecular complexity index is 2190. The third-order valence-electron chi connectivity index (χ3n) is 20.8. The number of aliphatic hydroxyl groups is 18. The molecule has 0 saturated carbocycles. The lowest BCUT2D eigenvalue weighted by Crippen LogP contribution is -2.60. The Morgan fingerprint density at radius 1 is 0.516 bits per heavy atom. The molecular formula is C72H133NO22. The van der Waals surface area contributed by atoms with Gasteiger partial charge in [-0.15, -0.1) is 0 Å². The van der Waals surface area contributed by atoms with Gasteiger partial charge in [0, 0.05) is 60.2 Å². The fourth-order valence-electron chi connectivity index (χ4n) is 13.2. The molecule has 2 heterocycles. The van der Waals surface area contributed by atoms with Crippen LogP contribution in [0.15, 0.2) is 47.6 Å². The highest BCUT2D eigenvalue weighted by atomic mass is 16.7. The fraction of sp³-hybridized carbons (Fsp3) is 0.875. The summed E-state index contributed by atoms with van der Waals surface area (Å²) in [6.07, 6.45) is -10.2. The first-order chi connectivity index (χ1) is 44.5. The molecule has 2 rings (SSSR count). The summed E-state index contributed by atoms with van der Waals surface area (Å²) in [5.74, 6) is -6.35. The van der Waals surface area contributed by atoms with Gasteiger partial charge in [0.15, 0.2) is 6.29 Å². The first-order valence-electron chi connectivity index (χ1n) is 35.6. The topological polar surface area (TPSA) is 435 Å². The van der Waals surface area contributed by atoms with Crippen LogP contribution in [0, 0.1) is 59.2 Å². The van der Waals surface area contributed by atoms with Crippen molar-refractivity contribution in [2.45, 2.75) is 327 Å². The van der Waals surface area contributed by atoms with Crippen molar-refractivity contribution in [3.63, 3.8) is 0 Å². The minimum Gasteiger partial charge on any atom is -0.462 e. The average Bonchev–Trinajstić information content (AvgIpc) is 0.820. The van der Waals surface area contributed by atoms with E-state index >= 15 is 0 Å². The number of aliphatic hydroxyl groups excluding tert-OH is 18. The fourth-order valence-corrected chi connectivity index (χ4v) is 13.2. The number of carbonyl (C=O) groups excluding carboxylic acids is 1. The Morgan fingerprint density at radius 2 is 1.06 bits per heavy atom. The molecule has 31 atom stereocenters. The van der Waals surface area contributed by atoms with Crippen LogP contribution in [0.25, 0.3) is 0 Å². The van der Waals surface area contributed by atoms with Crippen molar-refractivity contribution in [3.05, 3.63) is 47.6 Å². The third kappa shape index (κ3) is 30.4. The molecular weight excluding hydrogens is 1230 g/mol. The molecule has 1 saturated heterocycles. The highest BCUT2D eigenvalue weighted by Crippen LogP contribution is 2.33. The van der Waals surface area contributed by atoms with Gasteiger partial charge in [0.25, 0.3) is 0 Å². The monoisotopic (exact) mass is 1360 g/mol. The second-order valence-electron chi connectivity index (χ2n) is 29.0. The Kier molecular flexibility index (Phi) is 42.4. The van der Waals surface area contributed by atoms with Crippen LogP contribution in [0.3, 0.4) is 0 Å². The summed E-state index contributed by atoms with van der Waals surface area (Å²) >= 11 is 0. The number of carbonyl (C=O) groups is 1. The number of nitrogens with two attached hydrogens (primary N) is 1. The normalized spacial score (nSPS) is 44.3. The Labute approximate surface area is 567 Å². The highest BCUT2D eigenvalue weighted by Gasteiger charge is 2.46. The number of ether oxygens (including phenoxy) is 3. The lowest BCUT2D eigenvalue weighted by Gasteiger charge is -2.41. The quantitative estimate of drug-likeness (QED) is 0.0845. The van der Waals surface area contributed by atoms with Crippen LogP contribution >= 0.6 is 0 Å². The summed E-state index contributed by atoms with van der Waals surface area (Å²) in [5.41, 5.74) is 6.49. The van der Waals surface area contributed by atoms with Crippen LogP contribution in [-0.2, 0) is 19.0 Å². The van der Waals surface area contributed by atoms with Gasteiger partial charge in [-0.1, -0.05) is 138 Å². The van der Waals surface area contributed by atoms with Gasteiger partial charge in [-0.05, 0) is 114 Å². The summed E-state index contributed by atoms with van der Waals surface area (Å²) in [4.78, 5) is 13.5. The summed E-state index contributed by atoms with van der Waals surface area (Å²) in [6, 6.07) is 0. The molecule has 0 spiro atoms. The predicted octanol–water partition coefficient (Wildman–Crippen LogP) is 3.50. The van der Waals surface area contributed by atoms with Gasteiger partial charge >= 0.3 is 5.97 Å². The number of hydrogen-bond acceptors (Lipinski definition) is 23. The molecule has 95 heavy (non-hydrogen) atoms. The number of rotatable bonds is 10. The SMILES string of the molecule is C/C1=C\[C@@H](C)[C@@H](O)/C(C)=C/[C@@H](O[C@H]2O[C@H](CO)[C@H](O)[C@H](O)[C@@H]2O)[C@@H](O)[C@@H](C)[C@H](O)C[C@H](O)/C=C/[C@@H](C)[C@H](O)[C@H](C)CC[C@@H](O)C[C@@H](O)[C@@H](C)[C@@H](O)[C@H](C)[C@H](O)C[C@H](O)C[C@@H](O)[C@H](C)[C@@H]([C@H](C)CCCCCCN)OC(=O)CCCCC[C@H](O)[C@H](C)[C@@H](O)CC/C=C/[C@@H](C)[C@H]1O. The lowest BCUT2D eigenvalue weighted by atomic mass is 9.81. The standard InChI is InChI=1S/C72H133NO22/c1-39-22-19-20-25-55(79)46(8)54(78)24-17-15-18-26-62(84)95-71(42(4)23-16-13-14-21-31-73)50(12)59(83)37-53(77)36-58(82)48(10)66(88)47(9)56(80)34-51(75)29-27-40(2)63(85)41(3)28-30-52(76)35-57(81)49(11)67(89)60(33-45(7)65(87)44(6)32-43(5)64(39)86)93-72-70(92)69(91)68(90)61(38-74)94-72/h19,22,28,30,32-33,39-42,44,46-61,63-72,74-83,85-92H,13-18,20-21,23-27,29,31,34-38,73H2,1-12H3/b22-19+,30-28+,43-32+,45-33+/t39-,40-,41-,42-,44-,46+,47-,48-,49+,50+,51-,52-,53+,54+,55+,56-,57-,58-,59-,60-,61-,63-,64-,65-,66-,67+,68+,69+,70+,71-,72+/m1/s1. The zero-order valence-electron chi connectivity index (χ0n) is 59.3. The second kappa shape index (κ2) is 45.5. The van der Waals surface area contributed by atoms with Crippen LogP contribution < -0.4 is 5.73 Å². The molecule has 0 unspecified atom stereocenters. The summed E-state index contributed by atoms with van der Waals surface area (Å²) in [6.45, 7) is 20.3. The van der Waals surface area contributed by atoms with Gasteiger partial charge in [0.2, 0.25) is 0 Å². The van der Waals surface area contributed by atoms with Gasteiger partial charge in [0.05, 0.1) is 92.1 Å². The van der Waals surface area contributed by atoms with E-state index in [-0.39, 0.29) is 55.9 Å². The highest BCUT2D eigenvalue weighted by molar-refractivity contribution is 5.69. The minimum absolute atomic E-state index is 0.104. The second-order valence-corrected chi connectivity index (χ2v) is 29.0. The lowest BCUT2D eigenvalue weighted by molar-refractivity contribution is -0.314. The van der Waals surface area contributed by atoms with E-state index in [2.05, 4.69) is 0 Å². The molecule has 0 bridgehead atoms. The van der Waals surface area contributed by atoms with Crippen molar-refractivity contribution < 1.29 is 111 Å². The number of esters is 1. The molecule has 0 aromatic rings. The van der Waals surface area contributed by atoms with Crippen molar-refractivity contribution in [2.75, 3.05) is 13.2 Å². The Balaban J connectivity index is 2.44. The maximum absolute atomic E-state index is 13.5. The minimum atomic E-state index is -1.87. The molecule has 1 fully saturated rings. The van der Waals surface area contributed by atoms with Gasteiger partial charge < -0.3 is 112 Å². The van der Waals surface area contributed by atoms with Crippen LogP contribution in [-0.4, -0.2) is 239 Å². The molecule has 23 nitrogen and oxygen atoms in total. The van der Waals surface area contributed by atoms with Gasteiger partial charge in [-0.3, -0.25) is 4.79 Å². The van der Waals surface area contributed by atoms with E-state index in [1.54, 1.807) is 74.5 Å². The van der Waals surface area contributed by atoms with Crippen LogP contribution in [0.2, 0.25) is 0 Å². The van der Waals surface area contributed by atoms with Crippen molar-refractivity contribution >= 4 is 5.97 Å². The molecule has 20 N–H and O–H groups in total.